The molecule has 0 radical (unpaired) electrons. The number of aromatic nitrogens is 2. The molecule has 0 atom stereocenters. The molecule has 1 aromatic carbocycles. The number of thiocarbonyl (C=S) groups is 1. The summed E-state index contributed by atoms with van der Waals surface area (Å²) in [5.74, 6) is -3.62. The average Bonchev–Trinajstić information content (AvgIpc) is 3.14. The molecular formula is C25H16F4N4O4S2. The quantitative estimate of drug-likeness (QED) is 0.224. The number of alkyl halides is 3. The first-order valence-corrected chi connectivity index (χ1v) is 12.2. The zero-order valence-electron chi connectivity index (χ0n) is 19.5. The fourth-order valence-electron chi connectivity index (χ4n) is 3.48. The summed E-state index contributed by atoms with van der Waals surface area (Å²) in [7, 11) is 0. The summed E-state index contributed by atoms with van der Waals surface area (Å²) < 4.78 is 53.2. The highest BCUT2D eigenvalue weighted by molar-refractivity contribution is 8.26. The molecule has 0 bridgehead atoms. The Bertz CT molecular complexity index is 1530. The van der Waals surface area contributed by atoms with Crippen LogP contribution >= 0.6 is 24.0 Å². The molecule has 0 spiro atoms. The minimum atomic E-state index is -4.87. The van der Waals surface area contributed by atoms with E-state index in [4.69, 9.17) is 17.3 Å². The third-order valence-corrected chi connectivity index (χ3v) is 6.69. The van der Waals surface area contributed by atoms with E-state index in [1.165, 1.54) is 53.6 Å². The Kier molecular flexibility index (Phi) is 8.06. The van der Waals surface area contributed by atoms with Crippen LogP contribution in [0.3, 0.4) is 0 Å². The van der Waals surface area contributed by atoms with Crippen molar-refractivity contribution in [3.8, 4) is 11.3 Å². The molecule has 1 aliphatic rings. The maximum Gasteiger partial charge on any atom is 0.419 e. The summed E-state index contributed by atoms with van der Waals surface area (Å²) in [6, 6.07) is 9.70. The summed E-state index contributed by atoms with van der Waals surface area (Å²) in [4.78, 5) is 45.6. The standard InChI is InChI=1S/C25H16F4N4O4S2/c26-17-5-4-13(10-16(17)25(27,28)29)18-3-1-2-14(31-18)12-20-22(35)33(24(38)39-20)9-7-21(34)32-15-6-8-30-19(11-15)23(36)37/h1-6,8,10-12H,7,9H2,(H,36,37)(H,30,32,34). The van der Waals surface area contributed by atoms with Crippen LogP contribution in [-0.2, 0) is 15.8 Å². The van der Waals surface area contributed by atoms with Crippen molar-refractivity contribution >= 4 is 57.8 Å². The molecule has 2 N–H and O–H groups in total. The average molecular weight is 577 g/mol. The van der Waals surface area contributed by atoms with Gasteiger partial charge in [-0.1, -0.05) is 30.0 Å². The third-order valence-electron chi connectivity index (χ3n) is 5.32. The normalized spacial score (nSPS) is 14.7. The van der Waals surface area contributed by atoms with E-state index in [0.717, 1.165) is 11.8 Å². The number of aromatic carboxylic acids is 1. The highest BCUT2D eigenvalue weighted by Gasteiger charge is 2.35. The number of nitrogens with zero attached hydrogens (tertiary/aromatic N) is 3. The van der Waals surface area contributed by atoms with Gasteiger partial charge in [-0.2, -0.15) is 13.2 Å². The van der Waals surface area contributed by atoms with Gasteiger partial charge in [0.25, 0.3) is 5.91 Å². The molecule has 39 heavy (non-hydrogen) atoms. The van der Waals surface area contributed by atoms with Gasteiger partial charge in [0, 0.05) is 30.4 Å². The summed E-state index contributed by atoms with van der Waals surface area (Å²) in [6.45, 7) is -0.0476. The molecule has 1 aliphatic heterocycles. The molecule has 3 heterocycles. The molecule has 8 nitrogen and oxygen atoms in total. The van der Waals surface area contributed by atoms with Gasteiger partial charge in [-0.3, -0.25) is 14.5 Å². The Hall–Kier alpha value is -4.17. The molecule has 14 heteroatoms. The minimum absolute atomic E-state index is 0.0437. The first kappa shape index (κ1) is 27.9. The number of carboxylic acid groups (broad SMARTS) is 1. The number of hydrogen-bond donors (Lipinski definition) is 2. The van der Waals surface area contributed by atoms with Gasteiger partial charge in [-0.15, -0.1) is 0 Å². The molecule has 2 aromatic heterocycles. The second-order valence-electron chi connectivity index (χ2n) is 8.01. The first-order chi connectivity index (χ1) is 18.4. The van der Waals surface area contributed by atoms with Gasteiger partial charge in [0.2, 0.25) is 5.91 Å². The van der Waals surface area contributed by atoms with Crippen molar-refractivity contribution in [1.29, 1.82) is 0 Å². The lowest BCUT2D eigenvalue weighted by atomic mass is 10.1. The van der Waals surface area contributed by atoms with Crippen LogP contribution in [0.1, 0.15) is 28.2 Å². The maximum absolute atomic E-state index is 13.7. The van der Waals surface area contributed by atoms with Crippen molar-refractivity contribution in [2.24, 2.45) is 0 Å². The lowest BCUT2D eigenvalue weighted by Gasteiger charge is -2.14. The number of halogens is 4. The molecule has 0 saturated carbocycles. The molecule has 4 rings (SSSR count). The Labute approximate surface area is 227 Å². The number of carboxylic acids is 1. The molecule has 200 valence electrons. The predicted octanol–water partition coefficient (Wildman–Crippen LogP) is 5.23. The van der Waals surface area contributed by atoms with Crippen LogP contribution in [0.25, 0.3) is 17.3 Å². The molecule has 1 saturated heterocycles. The van der Waals surface area contributed by atoms with Crippen molar-refractivity contribution in [2.45, 2.75) is 12.6 Å². The van der Waals surface area contributed by atoms with Gasteiger partial charge in [0.15, 0.2) is 0 Å². The van der Waals surface area contributed by atoms with Crippen LogP contribution in [0.4, 0.5) is 23.2 Å². The Morgan fingerprint density at radius 3 is 2.64 bits per heavy atom. The van der Waals surface area contributed by atoms with Crippen molar-refractivity contribution in [3.05, 3.63) is 82.4 Å². The fourth-order valence-corrected chi connectivity index (χ4v) is 4.78. The molecule has 0 aliphatic carbocycles. The zero-order chi connectivity index (χ0) is 28.3. The van der Waals surface area contributed by atoms with Crippen LogP contribution in [-0.4, -0.2) is 48.6 Å². The number of anilines is 1. The van der Waals surface area contributed by atoms with E-state index in [9.17, 15) is 31.9 Å². The number of pyridine rings is 2. The predicted molar refractivity (Wildman–Crippen MR) is 139 cm³/mol. The third kappa shape index (κ3) is 6.64. The van der Waals surface area contributed by atoms with Gasteiger partial charge in [-0.05, 0) is 48.5 Å². The zero-order valence-corrected chi connectivity index (χ0v) is 21.2. The van der Waals surface area contributed by atoms with Crippen LogP contribution in [0.15, 0.2) is 59.6 Å². The second kappa shape index (κ2) is 11.3. The SMILES string of the molecule is O=C(CCN1C(=O)C(=Cc2cccc(-c3ccc(F)c(C(F)(F)F)c3)n2)SC1=S)Nc1ccnc(C(=O)O)c1. The highest BCUT2D eigenvalue weighted by Crippen LogP contribution is 2.35. The second-order valence-corrected chi connectivity index (χ2v) is 9.68. The fraction of sp³-hybridized carbons (Fsp3) is 0.120. The molecule has 3 aromatic rings. The summed E-state index contributed by atoms with van der Waals surface area (Å²) in [5, 5.41) is 11.5. The van der Waals surface area contributed by atoms with Crippen LogP contribution in [0.5, 0.6) is 0 Å². The van der Waals surface area contributed by atoms with Gasteiger partial charge >= 0.3 is 12.1 Å². The lowest BCUT2D eigenvalue weighted by molar-refractivity contribution is -0.140. The maximum atomic E-state index is 13.7. The number of hydrogen-bond acceptors (Lipinski definition) is 7. The van der Waals surface area contributed by atoms with Crippen LogP contribution < -0.4 is 5.32 Å². The summed E-state index contributed by atoms with van der Waals surface area (Å²) in [5.41, 5.74) is -0.982. The smallest absolute Gasteiger partial charge is 0.419 e. The molecule has 0 unspecified atom stereocenters. The number of thioether (sulfide) groups is 1. The number of carbonyl (C=O) groups excluding carboxylic acids is 2. The number of nitrogens with one attached hydrogen (secondary N) is 1. The van der Waals surface area contributed by atoms with E-state index >= 15 is 0 Å². The Morgan fingerprint density at radius 1 is 1.15 bits per heavy atom. The highest BCUT2D eigenvalue weighted by atomic mass is 32.2. The van der Waals surface area contributed by atoms with E-state index in [1.54, 1.807) is 0 Å². The van der Waals surface area contributed by atoms with E-state index in [1.807, 2.05) is 0 Å². The minimum Gasteiger partial charge on any atom is -0.477 e. The number of amides is 2. The Morgan fingerprint density at radius 2 is 1.92 bits per heavy atom. The number of rotatable bonds is 7. The monoisotopic (exact) mass is 576 g/mol. The Balaban J connectivity index is 1.45. The lowest BCUT2D eigenvalue weighted by Crippen LogP contribution is -2.31. The first-order valence-electron chi connectivity index (χ1n) is 11.0. The van der Waals surface area contributed by atoms with Gasteiger partial charge in [-0.25, -0.2) is 19.2 Å². The largest absolute Gasteiger partial charge is 0.477 e. The molecular weight excluding hydrogens is 560 g/mol. The van der Waals surface area contributed by atoms with E-state index in [0.29, 0.717) is 12.1 Å². The summed E-state index contributed by atoms with van der Waals surface area (Å²) in [6.07, 6.45) is -2.35. The number of benzene rings is 1. The topological polar surface area (TPSA) is 112 Å². The van der Waals surface area contributed by atoms with Gasteiger partial charge in [0.05, 0.1) is 21.9 Å². The van der Waals surface area contributed by atoms with Crippen LogP contribution in [0, 0.1) is 5.82 Å². The molecule has 2 amide bonds. The van der Waals surface area contributed by atoms with Crippen molar-refractivity contribution in [2.75, 3.05) is 11.9 Å². The van der Waals surface area contributed by atoms with E-state index < -0.39 is 35.3 Å². The molecule has 1 fully saturated rings. The number of carbonyl (C=O) groups is 3. The van der Waals surface area contributed by atoms with E-state index in [2.05, 4.69) is 15.3 Å². The van der Waals surface area contributed by atoms with E-state index in [-0.39, 0.29) is 50.5 Å². The van der Waals surface area contributed by atoms with Gasteiger partial charge in [0.1, 0.15) is 15.8 Å². The summed E-state index contributed by atoms with van der Waals surface area (Å²) >= 11 is 6.23. The van der Waals surface area contributed by atoms with Crippen molar-refractivity contribution in [3.63, 3.8) is 0 Å². The van der Waals surface area contributed by atoms with Crippen molar-refractivity contribution in [1.82, 2.24) is 14.9 Å². The van der Waals surface area contributed by atoms with Crippen molar-refractivity contribution < 1.29 is 37.1 Å². The van der Waals surface area contributed by atoms with Crippen LogP contribution in [0.2, 0.25) is 0 Å². The van der Waals surface area contributed by atoms with Gasteiger partial charge < -0.3 is 10.4 Å².